The van der Waals surface area contributed by atoms with E-state index in [1.54, 1.807) is 18.2 Å². The summed E-state index contributed by atoms with van der Waals surface area (Å²) in [5.74, 6) is -0.793. The first-order chi connectivity index (χ1) is 12.3. The van der Waals surface area contributed by atoms with Crippen molar-refractivity contribution >= 4 is 29.3 Å². The van der Waals surface area contributed by atoms with Gasteiger partial charge in [-0.3, -0.25) is 0 Å². The van der Waals surface area contributed by atoms with E-state index in [0.29, 0.717) is 16.3 Å². The smallest absolute Gasteiger partial charge is 0.416 e. The van der Waals surface area contributed by atoms with Gasteiger partial charge in [0.05, 0.1) is 11.3 Å². The fourth-order valence-electron chi connectivity index (χ4n) is 3.05. The molecule has 0 radical (unpaired) electrons. The minimum Gasteiger partial charge on any atom is -0.544 e. The summed E-state index contributed by atoms with van der Waals surface area (Å²) >= 11 is 7.52. The largest absolute Gasteiger partial charge is 0.544 e. The Kier molecular flexibility index (Phi) is 5.50. The molecule has 0 bridgehead atoms. The van der Waals surface area contributed by atoms with Crippen molar-refractivity contribution in [2.45, 2.75) is 24.1 Å². The van der Waals surface area contributed by atoms with Gasteiger partial charge in [0.2, 0.25) is 0 Å². The number of quaternary nitrogens is 1. The average Bonchev–Trinajstić information content (AvgIpc) is 2.98. The highest BCUT2D eigenvalue weighted by Crippen LogP contribution is 2.31. The minimum atomic E-state index is -4.40. The molecule has 1 aliphatic rings. The van der Waals surface area contributed by atoms with Crippen molar-refractivity contribution in [2.24, 2.45) is 0 Å². The number of thioether (sulfide) groups is 1. The Morgan fingerprint density at radius 2 is 1.92 bits per heavy atom. The lowest BCUT2D eigenvalue weighted by molar-refractivity contribution is -0.940. The van der Waals surface area contributed by atoms with Crippen LogP contribution < -0.4 is 10.0 Å². The molecule has 0 aliphatic carbocycles. The normalized spacial score (nSPS) is 23.2. The van der Waals surface area contributed by atoms with E-state index in [-0.39, 0.29) is 11.9 Å². The van der Waals surface area contributed by atoms with Gasteiger partial charge in [-0.05, 0) is 24.3 Å². The van der Waals surface area contributed by atoms with Crippen LogP contribution in [0, 0.1) is 0 Å². The SMILES string of the molecule is O=C([O-])[C@@H]1CS[C@H](c2cccc(Cl)c2)[NH+]1Cc1ccc(C(F)(F)F)cc1. The number of alkyl halides is 3. The van der Waals surface area contributed by atoms with Crippen molar-refractivity contribution in [2.75, 3.05) is 5.75 Å². The maximum atomic E-state index is 12.7. The van der Waals surface area contributed by atoms with Crippen LogP contribution in [0.25, 0.3) is 0 Å². The first kappa shape index (κ1) is 19.1. The van der Waals surface area contributed by atoms with E-state index in [9.17, 15) is 23.1 Å². The second kappa shape index (κ2) is 7.50. The Hall–Kier alpha value is -1.70. The topological polar surface area (TPSA) is 44.6 Å². The lowest BCUT2D eigenvalue weighted by Crippen LogP contribution is -3.14. The van der Waals surface area contributed by atoms with Crippen molar-refractivity contribution in [3.8, 4) is 0 Å². The predicted octanol–water partition coefficient (Wildman–Crippen LogP) is 2.31. The van der Waals surface area contributed by atoms with Gasteiger partial charge in [-0.1, -0.05) is 47.6 Å². The molecule has 2 aromatic carbocycles. The number of hydrogen-bond donors (Lipinski definition) is 1. The highest BCUT2D eigenvalue weighted by Gasteiger charge is 2.40. The number of rotatable bonds is 4. The van der Waals surface area contributed by atoms with Crippen molar-refractivity contribution in [1.82, 2.24) is 0 Å². The van der Waals surface area contributed by atoms with E-state index >= 15 is 0 Å². The molecule has 8 heteroatoms. The molecule has 1 heterocycles. The maximum Gasteiger partial charge on any atom is 0.416 e. The molecule has 0 spiro atoms. The van der Waals surface area contributed by atoms with E-state index in [4.69, 9.17) is 11.6 Å². The van der Waals surface area contributed by atoms with Crippen LogP contribution >= 0.6 is 23.4 Å². The molecule has 2 aromatic rings. The summed E-state index contributed by atoms with van der Waals surface area (Å²) in [6.45, 7) is 0.279. The van der Waals surface area contributed by atoms with Crippen LogP contribution in [0.15, 0.2) is 48.5 Å². The second-order valence-corrected chi connectivity index (χ2v) is 7.66. The molecule has 1 N–H and O–H groups in total. The molecule has 1 aliphatic heterocycles. The summed E-state index contributed by atoms with van der Waals surface area (Å²) in [7, 11) is 0. The lowest BCUT2D eigenvalue weighted by atomic mass is 10.1. The Balaban J connectivity index is 1.86. The first-order valence-corrected chi connectivity index (χ1v) is 9.28. The summed E-state index contributed by atoms with van der Waals surface area (Å²) in [5, 5.41) is 11.9. The minimum absolute atomic E-state index is 0.182. The summed E-state index contributed by atoms with van der Waals surface area (Å²) in [6, 6.07) is 11.2. The van der Waals surface area contributed by atoms with Crippen molar-refractivity contribution < 1.29 is 28.0 Å². The number of benzene rings is 2. The van der Waals surface area contributed by atoms with Gasteiger partial charge in [0.1, 0.15) is 18.6 Å². The van der Waals surface area contributed by atoms with Gasteiger partial charge in [-0.2, -0.15) is 13.2 Å². The summed E-state index contributed by atoms with van der Waals surface area (Å²) in [4.78, 5) is 12.2. The number of carboxylic acid groups (broad SMARTS) is 1. The fourth-order valence-corrected chi connectivity index (χ4v) is 4.79. The number of halogens is 4. The average molecular weight is 402 g/mol. The van der Waals surface area contributed by atoms with E-state index < -0.39 is 23.8 Å². The van der Waals surface area contributed by atoms with Gasteiger partial charge in [0, 0.05) is 16.1 Å². The van der Waals surface area contributed by atoms with Crippen molar-refractivity contribution in [1.29, 1.82) is 0 Å². The number of carbonyl (C=O) groups is 1. The van der Waals surface area contributed by atoms with E-state index in [0.717, 1.165) is 22.6 Å². The summed E-state index contributed by atoms with van der Waals surface area (Å²) < 4.78 is 38.1. The molecule has 3 nitrogen and oxygen atoms in total. The summed E-state index contributed by atoms with van der Waals surface area (Å²) in [6.07, 6.45) is -4.40. The third-order valence-electron chi connectivity index (χ3n) is 4.34. The Morgan fingerprint density at radius 3 is 2.50 bits per heavy atom. The van der Waals surface area contributed by atoms with Crippen molar-refractivity contribution in [3.05, 3.63) is 70.2 Å². The van der Waals surface area contributed by atoms with Crippen LogP contribution in [0.4, 0.5) is 13.2 Å². The lowest BCUT2D eigenvalue weighted by Gasteiger charge is -2.27. The van der Waals surface area contributed by atoms with E-state index in [1.807, 2.05) is 6.07 Å². The van der Waals surface area contributed by atoms with E-state index in [2.05, 4.69) is 0 Å². The molecule has 1 fully saturated rings. The molecule has 3 atom stereocenters. The van der Waals surface area contributed by atoms with Crippen LogP contribution in [0.2, 0.25) is 5.02 Å². The van der Waals surface area contributed by atoms with Gasteiger partial charge < -0.3 is 14.8 Å². The Bertz CT molecular complexity index is 798. The van der Waals surface area contributed by atoms with Gasteiger partial charge in [-0.25, -0.2) is 0 Å². The van der Waals surface area contributed by atoms with Gasteiger partial charge in [0.25, 0.3) is 0 Å². The van der Waals surface area contributed by atoms with Crippen LogP contribution in [0.1, 0.15) is 22.1 Å². The number of carbonyl (C=O) groups excluding carboxylic acids is 1. The van der Waals surface area contributed by atoms with Crippen molar-refractivity contribution in [3.63, 3.8) is 0 Å². The predicted molar refractivity (Wildman–Crippen MR) is 91.6 cm³/mol. The number of carboxylic acids is 1. The molecule has 138 valence electrons. The third-order valence-corrected chi connectivity index (χ3v) is 6.01. The second-order valence-electron chi connectivity index (χ2n) is 6.09. The third kappa shape index (κ3) is 4.16. The van der Waals surface area contributed by atoms with Crippen LogP contribution in [-0.4, -0.2) is 17.8 Å². The Morgan fingerprint density at radius 1 is 1.23 bits per heavy atom. The Labute approximate surface area is 157 Å². The molecule has 1 saturated heterocycles. The molecule has 0 aromatic heterocycles. The van der Waals surface area contributed by atoms with Gasteiger partial charge in [-0.15, -0.1) is 0 Å². The van der Waals surface area contributed by atoms with Crippen LogP contribution in [-0.2, 0) is 17.5 Å². The fraction of sp³-hybridized carbons (Fsp3) is 0.278. The molecule has 26 heavy (non-hydrogen) atoms. The van der Waals surface area contributed by atoms with Crippen LogP contribution in [0.5, 0.6) is 0 Å². The zero-order chi connectivity index (χ0) is 18.9. The zero-order valence-electron chi connectivity index (χ0n) is 13.4. The standard InChI is InChI=1S/C18H15ClF3NO2S/c19-14-3-1-2-12(8-14)16-23(15(10-26-16)17(24)25)9-11-4-6-13(7-5-11)18(20,21)22/h1-8,15-16H,9-10H2,(H,24,25)/t15-,16+/m0/s1. The molecular weight excluding hydrogens is 387 g/mol. The van der Waals surface area contributed by atoms with Gasteiger partial charge in [0.15, 0.2) is 5.37 Å². The number of hydrogen-bond acceptors (Lipinski definition) is 3. The number of aliphatic carboxylic acids is 1. The first-order valence-electron chi connectivity index (χ1n) is 7.85. The molecule has 0 amide bonds. The van der Waals surface area contributed by atoms with Gasteiger partial charge >= 0.3 is 6.18 Å². The molecule has 1 unspecified atom stereocenters. The molecular formula is C18H15ClF3NO2S. The highest BCUT2D eigenvalue weighted by molar-refractivity contribution is 7.99. The van der Waals surface area contributed by atoms with E-state index in [1.165, 1.54) is 23.9 Å². The molecule has 0 saturated carbocycles. The highest BCUT2D eigenvalue weighted by atomic mass is 35.5. The zero-order valence-corrected chi connectivity index (χ0v) is 15.0. The molecule has 3 rings (SSSR count). The van der Waals surface area contributed by atoms with Crippen LogP contribution in [0.3, 0.4) is 0 Å². The summed E-state index contributed by atoms with van der Waals surface area (Å²) in [5.41, 5.74) is 0.789. The monoisotopic (exact) mass is 401 g/mol. The number of nitrogens with one attached hydrogen (secondary N) is 1. The quantitative estimate of drug-likeness (QED) is 0.855. The maximum absolute atomic E-state index is 12.7.